The van der Waals surface area contributed by atoms with Crippen LogP contribution < -0.4 is 5.56 Å². The number of rotatable bonds is 3. The number of imidazole rings is 1. The van der Waals surface area contributed by atoms with Gasteiger partial charge < -0.3 is 9.97 Å². The van der Waals surface area contributed by atoms with Gasteiger partial charge >= 0.3 is 0 Å². The molecule has 5 rings (SSSR count). The van der Waals surface area contributed by atoms with Gasteiger partial charge in [-0.2, -0.15) is 20.6 Å². The van der Waals surface area contributed by atoms with E-state index >= 15 is 0 Å². The molecule has 0 aliphatic rings. The lowest BCUT2D eigenvalue weighted by Gasteiger charge is -2.01. The van der Waals surface area contributed by atoms with Crippen molar-refractivity contribution in [1.29, 1.82) is 10.5 Å². The highest BCUT2D eigenvalue weighted by Gasteiger charge is 2.19. The number of aromatic amines is 2. The summed E-state index contributed by atoms with van der Waals surface area (Å²) in [6.07, 6.45) is 0. The predicted octanol–water partition coefficient (Wildman–Crippen LogP) is 4.38. The molecule has 32 heavy (non-hydrogen) atoms. The van der Waals surface area contributed by atoms with Gasteiger partial charge in [-0.05, 0) is 18.2 Å². The number of hydrogen-bond donors (Lipinski definition) is 2. The van der Waals surface area contributed by atoms with Crippen LogP contribution in [0, 0.1) is 22.7 Å². The van der Waals surface area contributed by atoms with E-state index in [1.54, 1.807) is 22.7 Å². The van der Waals surface area contributed by atoms with Crippen molar-refractivity contribution in [2.45, 2.75) is 0 Å². The van der Waals surface area contributed by atoms with Crippen molar-refractivity contribution < 1.29 is 0 Å². The van der Waals surface area contributed by atoms with Gasteiger partial charge in [-0.15, -0.1) is 10.2 Å². The normalized spacial score (nSPS) is 11.2. The minimum absolute atomic E-state index is 0.0131. The van der Waals surface area contributed by atoms with Crippen LogP contribution in [0.1, 0.15) is 11.4 Å². The Hall–Kier alpha value is -4.80. The van der Waals surface area contributed by atoms with E-state index < -0.39 is 0 Å². The zero-order chi connectivity index (χ0) is 22.2. The highest BCUT2D eigenvalue weighted by molar-refractivity contribution is 6.31. The molecule has 0 fully saturated rings. The molecule has 2 N–H and O–H groups in total. The molecule has 0 amide bonds. The van der Waals surface area contributed by atoms with E-state index in [1.807, 2.05) is 42.5 Å². The number of fused-ring (bicyclic) bond motifs is 3. The van der Waals surface area contributed by atoms with Gasteiger partial charge in [0.2, 0.25) is 5.95 Å². The Morgan fingerprint density at radius 1 is 1.03 bits per heavy atom. The largest absolute Gasteiger partial charge is 0.312 e. The Bertz CT molecular complexity index is 1650. The van der Waals surface area contributed by atoms with E-state index in [1.165, 1.54) is 0 Å². The van der Waals surface area contributed by atoms with E-state index in [0.29, 0.717) is 33.0 Å². The molecule has 5 aromatic rings. The Labute approximate surface area is 184 Å². The Kier molecular flexibility index (Phi) is 4.48. The molecule has 0 radical (unpaired) electrons. The summed E-state index contributed by atoms with van der Waals surface area (Å²) in [6, 6.07) is 17.9. The average Bonchev–Trinajstić information content (AvgIpc) is 3.39. The van der Waals surface area contributed by atoms with Crippen molar-refractivity contribution in [3.8, 4) is 23.4 Å². The van der Waals surface area contributed by atoms with Crippen molar-refractivity contribution in [3.63, 3.8) is 0 Å². The molecule has 0 aliphatic heterocycles. The van der Waals surface area contributed by atoms with Crippen molar-refractivity contribution in [2.24, 2.45) is 10.2 Å². The van der Waals surface area contributed by atoms with Gasteiger partial charge in [-0.3, -0.25) is 4.79 Å². The SMILES string of the molecule is N#Cc1nc(/N=N/c2c(-c3ccccc3)nn3c2[nH]c(=O)c2cc(Cl)ccc23)[nH]c1C#N. The highest BCUT2D eigenvalue weighted by Crippen LogP contribution is 2.34. The van der Waals surface area contributed by atoms with Crippen LogP contribution in [0.15, 0.2) is 63.6 Å². The summed E-state index contributed by atoms with van der Waals surface area (Å²) in [7, 11) is 0. The van der Waals surface area contributed by atoms with Gasteiger partial charge in [0, 0.05) is 10.6 Å². The molecule has 152 valence electrons. The Balaban J connectivity index is 1.78. The third-order valence-electron chi connectivity index (χ3n) is 4.72. The summed E-state index contributed by atoms with van der Waals surface area (Å²) in [5.74, 6) is -0.0219. The van der Waals surface area contributed by atoms with Crippen LogP contribution in [-0.4, -0.2) is 24.6 Å². The number of H-pyrrole nitrogens is 2. The molecular weight excluding hydrogens is 430 g/mol. The van der Waals surface area contributed by atoms with Gasteiger partial charge in [0.25, 0.3) is 5.56 Å². The first-order valence-corrected chi connectivity index (χ1v) is 9.58. The molecule has 0 saturated carbocycles. The van der Waals surface area contributed by atoms with E-state index in [2.05, 4.69) is 30.3 Å². The molecule has 3 heterocycles. The lowest BCUT2D eigenvalue weighted by molar-refractivity contribution is 0.981. The number of azo groups is 1. The standard InChI is InChI=1S/C21H10ClN9O/c22-12-6-7-16-13(8-12)20(32)27-19-18(17(30-31(16)19)11-4-2-1-3-5-11)28-29-21-25-14(9-23)15(10-24)26-21/h1-8H,(H,25,26)(H,27,32)/b29-28+. The minimum atomic E-state index is -0.359. The average molecular weight is 440 g/mol. The Morgan fingerprint density at radius 3 is 2.56 bits per heavy atom. The van der Waals surface area contributed by atoms with Crippen molar-refractivity contribution in [2.75, 3.05) is 0 Å². The predicted molar refractivity (Wildman–Crippen MR) is 116 cm³/mol. The van der Waals surface area contributed by atoms with Gasteiger partial charge in [0.05, 0.1) is 10.9 Å². The second-order valence-electron chi connectivity index (χ2n) is 6.65. The second kappa shape index (κ2) is 7.47. The van der Waals surface area contributed by atoms with Crippen LogP contribution in [0.3, 0.4) is 0 Å². The van der Waals surface area contributed by atoms with E-state index in [0.717, 1.165) is 5.56 Å². The fourth-order valence-electron chi connectivity index (χ4n) is 3.30. The van der Waals surface area contributed by atoms with E-state index in [-0.39, 0.29) is 22.9 Å². The number of nitriles is 2. The maximum Gasteiger partial charge on any atom is 0.259 e. The van der Waals surface area contributed by atoms with E-state index in [4.69, 9.17) is 22.1 Å². The highest BCUT2D eigenvalue weighted by atomic mass is 35.5. The first-order valence-electron chi connectivity index (χ1n) is 9.20. The van der Waals surface area contributed by atoms with Crippen LogP contribution in [0.4, 0.5) is 11.6 Å². The first-order chi connectivity index (χ1) is 15.6. The van der Waals surface area contributed by atoms with Crippen LogP contribution in [0.2, 0.25) is 5.02 Å². The molecule has 0 bridgehead atoms. The third-order valence-corrected chi connectivity index (χ3v) is 4.96. The lowest BCUT2D eigenvalue weighted by Crippen LogP contribution is -2.09. The van der Waals surface area contributed by atoms with Crippen molar-refractivity contribution in [1.82, 2.24) is 24.6 Å². The number of hydrogen-bond acceptors (Lipinski definition) is 7. The maximum atomic E-state index is 12.7. The summed E-state index contributed by atoms with van der Waals surface area (Å²) in [4.78, 5) is 22.1. The van der Waals surface area contributed by atoms with Gasteiger partial charge in [-0.25, -0.2) is 4.52 Å². The monoisotopic (exact) mass is 439 g/mol. The topological polar surface area (TPSA) is 151 Å². The third kappa shape index (κ3) is 3.08. The fourth-order valence-corrected chi connectivity index (χ4v) is 3.47. The summed E-state index contributed by atoms with van der Waals surface area (Å²) in [5, 5.41) is 31.9. The number of halogens is 1. The van der Waals surface area contributed by atoms with Crippen LogP contribution in [0.25, 0.3) is 27.8 Å². The molecule has 0 spiro atoms. The van der Waals surface area contributed by atoms with Crippen molar-refractivity contribution in [3.05, 3.63) is 75.3 Å². The zero-order valence-electron chi connectivity index (χ0n) is 16.0. The number of benzene rings is 2. The summed E-state index contributed by atoms with van der Waals surface area (Å²) >= 11 is 6.06. The van der Waals surface area contributed by atoms with Crippen molar-refractivity contribution >= 4 is 39.8 Å². The first kappa shape index (κ1) is 19.2. The minimum Gasteiger partial charge on any atom is -0.312 e. The molecular formula is C21H10ClN9O. The Morgan fingerprint density at radius 2 is 1.84 bits per heavy atom. The van der Waals surface area contributed by atoms with Crippen LogP contribution in [-0.2, 0) is 0 Å². The summed E-state index contributed by atoms with van der Waals surface area (Å²) in [5.41, 5.74) is 1.93. The van der Waals surface area contributed by atoms with Gasteiger partial charge in [-0.1, -0.05) is 41.9 Å². The van der Waals surface area contributed by atoms with Crippen LogP contribution >= 0.6 is 11.6 Å². The maximum absolute atomic E-state index is 12.7. The molecule has 10 nitrogen and oxygen atoms in total. The number of nitrogens with zero attached hydrogens (tertiary/aromatic N) is 7. The number of aromatic nitrogens is 5. The van der Waals surface area contributed by atoms with Gasteiger partial charge in [0.15, 0.2) is 22.7 Å². The number of nitrogens with one attached hydrogen (secondary N) is 2. The molecule has 0 saturated heterocycles. The molecule has 2 aromatic carbocycles. The summed E-state index contributed by atoms with van der Waals surface area (Å²) < 4.78 is 1.56. The zero-order valence-corrected chi connectivity index (χ0v) is 16.8. The van der Waals surface area contributed by atoms with E-state index in [9.17, 15) is 4.79 Å². The molecule has 0 unspecified atom stereocenters. The molecule has 11 heteroatoms. The molecule has 0 aliphatic carbocycles. The smallest absolute Gasteiger partial charge is 0.259 e. The van der Waals surface area contributed by atoms with Crippen LogP contribution in [0.5, 0.6) is 0 Å². The second-order valence-corrected chi connectivity index (χ2v) is 7.08. The molecule has 3 aromatic heterocycles. The lowest BCUT2D eigenvalue weighted by atomic mass is 10.1. The quantitative estimate of drug-likeness (QED) is 0.399. The summed E-state index contributed by atoms with van der Waals surface area (Å²) in [6.45, 7) is 0. The van der Waals surface area contributed by atoms with Gasteiger partial charge in [0.1, 0.15) is 17.8 Å². The molecule has 0 atom stereocenters. The fraction of sp³-hybridized carbons (Fsp3) is 0.